The van der Waals surface area contributed by atoms with Crippen LogP contribution in [0.5, 0.6) is 0 Å². The number of nitrogens with zero attached hydrogens (tertiary/aromatic N) is 1. The van der Waals surface area contributed by atoms with Gasteiger partial charge in [0.1, 0.15) is 0 Å². The van der Waals surface area contributed by atoms with Crippen molar-refractivity contribution >= 4 is 28.9 Å². The third kappa shape index (κ3) is 4.85. The maximum Gasteiger partial charge on any atom is 0.166 e. The van der Waals surface area contributed by atoms with Gasteiger partial charge < -0.3 is 10.6 Å². The van der Waals surface area contributed by atoms with E-state index in [1.165, 1.54) is 0 Å². The van der Waals surface area contributed by atoms with Crippen LogP contribution in [0.4, 0.5) is 0 Å². The molecule has 2 rings (SSSR count). The molecule has 0 atom stereocenters. The van der Waals surface area contributed by atoms with Gasteiger partial charge in [-0.1, -0.05) is 29.8 Å². The SMILES string of the molecule is S=C(NCc1ccc(Cl)cc1)NCc1cccnc1. The minimum atomic E-state index is 0.624. The predicted octanol–water partition coefficient (Wildman–Crippen LogP) is 2.90. The van der Waals surface area contributed by atoms with Crippen molar-refractivity contribution in [2.24, 2.45) is 0 Å². The molecule has 0 amide bonds. The monoisotopic (exact) mass is 291 g/mol. The second-order valence-electron chi connectivity index (χ2n) is 4.02. The summed E-state index contributed by atoms with van der Waals surface area (Å²) in [4.78, 5) is 4.05. The van der Waals surface area contributed by atoms with Crippen molar-refractivity contribution in [1.82, 2.24) is 15.6 Å². The van der Waals surface area contributed by atoms with Gasteiger partial charge in [0, 0.05) is 30.5 Å². The summed E-state index contributed by atoms with van der Waals surface area (Å²) < 4.78 is 0. The molecular weight excluding hydrogens is 278 g/mol. The molecule has 0 fully saturated rings. The molecule has 0 aliphatic rings. The first-order valence-electron chi connectivity index (χ1n) is 5.89. The molecule has 0 unspecified atom stereocenters. The quantitative estimate of drug-likeness (QED) is 0.850. The highest BCUT2D eigenvalue weighted by atomic mass is 35.5. The number of pyridine rings is 1. The molecule has 1 heterocycles. The van der Waals surface area contributed by atoms with E-state index in [2.05, 4.69) is 15.6 Å². The summed E-state index contributed by atoms with van der Waals surface area (Å²) in [5.74, 6) is 0. The highest BCUT2D eigenvalue weighted by Crippen LogP contribution is 2.09. The number of benzene rings is 1. The number of nitrogens with one attached hydrogen (secondary N) is 2. The van der Waals surface area contributed by atoms with Crippen molar-refractivity contribution in [2.45, 2.75) is 13.1 Å². The van der Waals surface area contributed by atoms with E-state index in [0.717, 1.165) is 16.1 Å². The Balaban J connectivity index is 1.74. The van der Waals surface area contributed by atoms with Crippen molar-refractivity contribution < 1.29 is 0 Å². The maximum atomic E-state index is 5.83. The van der Waals surface area contributed by atoms with E-state index in [0.29, 0.717) is 18.2 Å². The van der Waals surface area contributed by atoms with Crippen LogP contribution in [0.3, 0.4) is 0 Å². The standard InChI is InChI=1S/C14H14ClN3S/c15-13-5-3-11(4-6-13)9-17-14(19)18-10-12-2-1-7-16-8-12/h1-8H,9-10H2,(H2,17,18,19). The zero-order valence-corrected chi connectivity index (χ0v) is 11.8. The van der Waals surface area contributed by atoms with Gasteiger partial charge in [0.15, 0.2) is 5.11 Å². The van der Waals surface area contributed by atoms with Crippen LogP contribution in [-0.4, -0.2) is 10.1 Å². The Morgan fingerprint density at radius 3 is 2.37 bits per heavy atom. The summed E-state index contributed by atoms with van der Waals surface area (Å²) >= 11 is 11.0. The molecule has 0 radical (unpaired) electrons. The van der Waals surface area contributed by atoms with Crippen LogP contribution in [0.2, 0.25) is 5.02 Å². The van der Waals surface area contributed by atoms with Gasteiger partial charge in [-0.25, -0.2) is 0 Å². The zero-order valence-electron chi connectivity index (χ0n) is 10.3. The third-order valence-electron chi connectivity index (χ3n) is 2.54. The van der Waals surface area contributed by atoms with E-state index >= 15 is 0 Å². The maximum absolute atomic E-state index is 5.83. The van der Waals surface area contributed by atoms with Crippen molar-refractivity contribution in [2.75, 3.05) is 0 Å². The second-order valence-corrected chi connectivity index (χ2v) is 4.87. The van der Waals surface area contributed by atoms with Crippen LogP contribution in [0.15, 0.2) is 48.8 Å². The van der Waals surface area contributed by atoms with Gasteiger partial charge in [-0.05, 0) is 41.5 Å². The number of thiocarbonyl (C=S) groups is 1. The topological polar surface area (TPSA) is 37.0 Å². The Bertz CT molecular complexity index is 528. The summed E-state index contributed by atoms with van der Waals surface area (Å²) in [6.07, 6.45) is 3.56. The average Bonchev–Trinajstić information content (AvgIpc) is 2.45. The highest BCUT2D eigenvalue weighted by molar-refractivity contribution is 7.80. The number of aromatic nitrogens is 1. The van der Waals surface area contributed by atoms with Crippen molar-refractivity contribution in [3.63, 3.8) is 0 Å². The van der Waals surface area contributed by atoms with Crippen molar-refractivity contribution in [1.29, 1.82) is 0 Å². The molecule has 3 nitrogen and oxygen atoms in total. The molecule has 98 valence electrons. The van der Waals surface area contributed by atoms with Crippen LogP contribution in [-0.2, 0) is 13.1 Å². The zero-order chi connectivity index (χ0) is 13.5. The molecule has 0 aliphatic heterocycles. The lowest BCUT2D eigenvalue weighted by Crippen LogP contribution is -2.34. The lowest BCUT2D eigenvalue weighted by molar-refractivity contribution is 0.830. The Hall–Kier alpha value is -1.65. The van der Waals surface area contributed by atoms with Crippen LogP contribution in [0, 0.1) is 0 Å². The first-order valence-corrected chi connectivity index (χ1v) is 6.68. The van der Waals surface area contributed by atoms with Gasteiger partial charge in [0.25, 0.3) is 0 Å². The lowest BCUT2D eigenvalue weighted by Gasteiger charge is -2.10. The van der Waals surface area contributed by atoms with Crippen LogP contribution in [0.25, 0.3) is 0 Å². The summed E-state index contributed by atoms with van der Waals surface area (Å²) in [7, 11) is 0. The van der Waals surface area contributed by atoms with Gasteiger partial charge in [-0.3, -0.25) is 4.98 Å². The van der Waals surface area contributed by atoms with E-state index < -0.39 is 0 Å². The fourth-order valence-electron chi connectivity index (χ4n) is 1.53. The number of halogens is 1. The summed E-state index contributed by atoms with van der Waals surface area (Å²) in [6.45, 7) is 1.34. The summed E-state index contributed by atoms with van der Waals surface area (Å²) in [6, 6.07) is 11.6. The highest BCUT2D eigenvalue weighted by Gasteiger charge is 1.97. The molecule has 0 saturated carbocycles. The Morgan fingerprint density at radius 2 is 1.74 bits per heavy atom. The molecule has 1 aromatic heterocycles. The number of hydrogen-bond acceptors (Lipinski definition) is 2. The largest absolute Gasteiger partial charge is 0.359 e. The second kappa shape index (κ2) is 7.07. The van der Waals surface area contributed by atoms with E-state index in [1.54, 1.807) is 6.20 Å². The third-order valence-corrected chi connectivity index (χ3v) is 3.08. The van der Waals surface area contributed by atoms with Gasteiger partial charge in [0.2, 0.25) is 0 Å². The lowest BCUT2D eigenvalue weighted by atomic mass is 10.2. The number of rotatable bonds is 4. The van der Waals surface area contributed by atoms with Gasteiger partial charge in [0.05, 0.1) is 0 Å². The van der Waals surface area contributed by atoms with Gasteiger partial charge in [-0.15, -0.1) is 0 Å². The van der Waals surface area contributed by atoms with Gasteiger partial charge in [-0.2, -0.15) is 0 Å². The van der Waals surface area contributed by atoms with E-state index in [1.807, 2.05) is 42.6 Å². The Labute approximate surface area is 123 Å². The average molecular weight is 292 g/mol. The fraction of sp³-hybridized carbons (Fsp3) is 0.143. The first-order chi connectivity index (χ1) is 9.24. The normalized spacial score (nSPS) is 9.95. The first kappa shape index (κ1) is 13.8. The molecule has 1 aromatic carbocycles. The van der Waals surface area contributed by atoms with Gasteiger partial charge >= 0.3 is 0 Å². The van der Waals surface area contributed by atoms with Crippen molar-refractivity contribution in [3.8, 4) is 0 Å². The molecule has 2 N–H and O–H groups in total. The Kier molecular flexibility index (Phi) is 5.12. The van der Waals surface area contributed by atoms with Crippen LogP contribution >= 0.6 is 23.8 Å². The van der Waals surface area contributed by atoms with E-state index in [4.69, 9.17) is 23.8 Å². The number of hydrogen-bond donors (Lipinski definition) is 2. The molecule has 2 aromatic rings. The molecule has 0 saturated heterocycles. The fourth-order valence-corrected chi connectivity index (χ4v) is 1.80. The molecule has 0 spiro atoms. The summed E-state index contributed by atoms with van der Waals surface area (Å²) in [5.41, 5.74) is 2.23. The Morgan fingerprint density at radius 1 is 1.05 bits per heavy atom. The predicted molar refractivity (Wildman–Crippen MR) is 82.0 cm³/mol. The molecule has 0 bridgehead atoms. The minimum Gasteiger partial charge on any atom is -0.359 e. The van der Waals surface area contributed by atoms with E-state index in [9.17, 15) is 0 Å². The molecular formula is C14H14ClN3S. The molecule has 0 aliphatic carbocycles. The van der Waals surface area contributed by atoms with Crippen LogP contribution in [0.1, 0.15) is 11.1 Å². The minimum absolute atomic E-state index is 0.624. The summed E-state index contributed by atoms with van der Waals surface area (Å²) in [5, 5.41) is 7.64. The van der Waals surface area contributed by atoms with E-state index in [-0.39, 0.29) is 0 Å². The molecule has 5 heteroatoms. The smallest absolute Gasteiger partial charge is 0.166 e. The molecule has 19 heavy (non-hydrogen) atoms. The van der Waals surface area contributed by atoms with Crippen LogP contribution < -0.4 is 10.6 Å². The van der Waals surface area contributed by atoms with Crippen molar-refractivity contribution in [3.05, 3.63) is 64.9 Å².